The Morgan fingerprint density at radius 3 is 2.70 bits per heavy atom. The fourth-order valence-corrected chi connectivity index (χ4v) is 2.38. The van der Waals surface area contributed by atoms with Crippen LogP contribution in [-0.4, -0.2) is 27.6 Å². The Morgan fingerprint density at radius 1 is 1.45 bits per heavy atom. The van der Waals surface area contributed by atoms with E-state index in [1.54, 1.807) is 6.20 Å². The van der Waals surface area contributed by atoms with Gasteiger partial charge in [0.15, 0.2) is 0 Å². The second-order valence-corrected chi connectivity index (χ2v) is 4.98. The number of hydrogen-bond donors (Lipinski definition) is 3. The summed E-state index contributed by atoms with van der Waals surface area (Å²) in [6.07, 6.45) is 4.91. The van der Waals surface area contributed by atoms with E-state index in [0.29, 0.717) is 18.7 Å². The lowest BCUT2D eigenvalue weighted by Crippen LogP contribution is -2.55. The minimum Gasteiger partial charge on any atom is -0.480 e. The number of carboxylic acids is 1. The van der Waals surface area contributed by atoms with Gasteiger partial charge in [0, 0.05) is 6.42 Å². The van der Waals surface area contributed by atoms with Gasteiger partial charge in [0.05, 0.1) is 12.7 Å². The smallest absolute Gasteiger partial charge is 0.329 e. The number of carboxylic acid groups (broad SMARTS) is 1. The molecule has 0 bridgehead atoms. The average molecular weight is 281 g/mol. The molecule has 1 aliphatic rings. The van der Waals surface area contributed by atoms with Crippen molar-refractivity contribution in [3.05, 3.63) is 17.8 Å². The van der Waals surface area contributed by atoms with Gasteiger partial charge in [0.1, 0.15) is 11.3 Å². The van der Waals surface area contributed by atoms with Crippen molar-refractivity contribution >= 4 is 12.0 Å². The molecule has 0 aliphatic heterocycles. The Kier molecular flexibility index (Phi) is 4.26. The monoisotopic (exact) mass is 281 g/mol. The maximum Gasteiger partial charge on any atom is 0.329 e. The molecule has 1 aromatic rings. The van der Waals surface area contributed by atoms with E-state index in [1.165, 1.54) is 0 Å². The van der Waals surface area contributed by atoms with Crippen molar-refractivity contribution in [1.82, 2.24) is 15.6 Å². The van der Waals surface area contributed by atoms with E-state index in [0.717, 1.165) is 25.0 Å². The molecule has 0 atom stereocenters. The summed E-state index contributed by atoms with van der Waals surface area (Å²) in [6.45, 7) is 2.09. The van der Waals surface area contributed by atoms with E-state index in [2.05, 4.69) is 15.6 Å². The molecule has 0 unspecified atom stereocenters. The lowest BCUT2D eigenvalue weighted by Gasteiger charge is -2.25. The molecule has 1 heterocycles. The topological polar surface area (TPSA) is 104 Å². The third-order valence-electron chi connectivity index (χ3n) is 3.57. The minimum atomic E-state index is -1.13. The molecule has 110 valence electrons. The maximum absolute atomic E-state index is 11.8. The molecule has 0 saturated heterocycles. The van der Waals surface area contributed by atoms with Crippen molar-refractivity contribution in [2.24, 2.45) is 0 Å². The molecule has 1 saturated carbocycles. The van der Waals surface area contributed by atoms with Gasteiger partial charge in [-0.2, -0.15) is 0 Å². The van der Waals surface area contributed by atoms with Gasteiger partial charge in [-0.25, -0.2) is 14.6 Å². The molecule has 0 spiro atoms. The zero-order valence-electron chi connectivity index (χ0n) is 11.4. The number of aryl methyl sites for hydroxylation is 1. The first kappa shape index (κ1) is 14.4. The fraction of sp³-hybridized carbons (Fsp3) is 0.615. The molecule has 7 nitrogen and oxygen atoms in total. The number of aromatic nitrogens is 1. The van der Waals surface area contributed by atoms with Crippen LogP contribution >= 0.6 is 0 Å². The number of urea groups is 1. The SMILES string of the molecule is CCc1cnc(CNC(=O)NC2(C(=O)O)CCCC2)o1. The maximum atomic E-state index is 11.8. The van der Waals surface area contributed by atoms with Crippen molar-refractivity contribution in [1.29, 1.82) is 0 Å². The third kappa shape index (κ3) is 3.09. The van der Waals surface area contributed by atoms with E-state index < -0.39 is 17.5 Å². The molecular formula is C13H19N3O4. The standard InChI is InChI=1S/C13H19N3O4/c1-2-9-7-14-10(20-9)8-15-12(19)16-13(11(17)18)5-3-4-6-13/h7H,2-6,8H2,1H3,(H,17,18)(H2,15,16,19). The van der Waals surface area contributed by atoms with Crippen LogP contribution in [0, 0.1) is 0 Å². The highest BCUT2D eigenvalue weighted by atomic mass is 16.4. The molecule has 7 heteroatoms. The van der Waals surface area contributed by atoms with E-state index in [-0.39, 0.29) is 6.54 Å². The van der Waals surface area contributed by atoms with Crippen LogP contribution in [-0.2, 0) is 17.8 Å². The molecule has 0 radical (unpaired) electrons. The van der Waals surface area contributed by atoms with Crippen LogP contribution in [0.2, 0.25) is 0 Å². The highest BCUT2D eigenvalue weighted by molar-refractivity contribution is 5.86. The molecular weight excluding hydrogens is 262 g/mol. The Morgan fingerprint density at radius 2 is 2.15 bits per heavy atom. The van der Waals surface area contributed by atoms with E-state index in [9.17, 15) is 14.7 Å². The molecule has 1 aromatic heterocycles. The lowest BCUT2D eigenvalue weighted by molar-refractivity contribution is -0.144. The summed E-state index contributed by atoms with van der Waals surface area (Å²) in [5.41, 5.74) is -1.13. The number of rotatable bonds is 5. The van der Waals surface area contributed by atoms with Crippen molar-refractivity contribution in [2.75, 3.05) is 0 Å². The predicted molar refractivity (Wildman–Crippen MR) is 70.1 cm³/mol. The Bertz CT molecular complexity index is 492. The largest absolute Gasteiger partial charge is 0.480 e. The summed E-state index contributed by atoms with van der Waals surface area (Å²) in [6, 6.07) is -0.509. The number of nitrogens with zero attached hydrogens (tertiary/aromatic N) is 1. The molecule has 2 rings (SSSR count). The summed E-state index contributed by atoms with van der Waals surface area (Å²) < 4.78 is 5.36. The van der Waals surface area contributed by atoms with Crippen molar-refractivity contribution in [3.63, 3.8) is 0 Å². The van der Waals surface area contributed by atoms with E-state index in [4.69, 9.17) is 4.42 Å². The van der Waals surface area contributed by atoms with Gasteiger partial charge in [-0.15, -0.1) is 0 Å². The van der Waals surface area contributed by atoms with Crippen LogP contribution in [0.3, 0.4) is 0 Å². The molecule has 0 aromatic carbocycles. The second kappa shape index (κ2) is 5.94. The predicted octanol–water partition coefficient (Wildman–Crippen LogP) is 1.43. The van der Waals surface area contributed by atoms with Gasteiger partial charge in [0.2, 0.25) is 5.89 Å². The molecule has 20 heavy (non-hydrogen) atoms. The van der Waals surface area contributed by atoms with Crippen molar-refractivity contribution in [2.45, 2.75) is 51.1 Å². The van der Waals surface area contributed by atoms with Crippen LogP contribution in [0.25, 0.3) is 0 Å². The van der Waals surface area contributed by atoms with Gasteiger partial charge in [-0.3, -0.25) is 0 Å². The Hall–Kier alpha value is -2.05. The van der Waals surface area contributed by atoms with Crippen LogP contribution < -0.4 is 10.6 Å². The van der Waals surface area contributed by atoms with E-state index >= 15 is 0 Å². The quantitative estimate of drug-likeness (QED) is 0.757. The van der Waals surface area contributed by atoms with Gasteiger partial charge >= 0.3 is 12.0 Å². The van der Waals surface area contributed by atoms with Crippen LogP contribution in [0.15, 0.2) is 10.6 Å². The number of amides is 2. The van der Waals surface area contributed by atoms with Gasteiger partial charge in [-0.1, -0.05) is 19.8 Å². The number of carbonyl (C=O) groups is 2. The number of nitrogens with one attached hydrogen (secondary N) is 2. The van der Waals surface area contributed by atoms with Gasteiger partial charge in [-0.05, 0) is 12.8 Å². The van der Waals surface area contributed by atoms with Crippen LogP contribution in [0.1, 0.15) is 44.3 Å². The zero-order valence-corrected chi connectivity index (χ0v) is 11.4. The fourth-order valence-electron chi connectivity index (χ4n) is 2.38. The highest BCUT2D eigenvalue weighted by Gasteiger charge is 2.42. The van der Waals surface area contributed by atoms with E-state index in [1.807, 2.05) is 6.92 Å². The minimum absolute atomic E-state index is 0.140. The first-order valence-electron chi connectivity index (χ1n) is 6.79. The number of oxazole rings is 1. The molecule has 3 N–H and O–H groups in total. The summed E-state index contributed by atoms with van der Waals surface area (Å²) in [5, 5.41) is 14.4. The average Bonchev–Trinajstić information content (AvgIpc) is 3.05. The van der Waals surface area contributed by atoms with Crippen LogP contribution in [0.5, 0.6) is 0 Å². The van der Waals surface area contributed by atoms with Gasteiger partial charge in [0.25, 0.3) is 0 Å². The number of carbonyl (C=O) groups excluding carboxylic acids is 1. The summed E-state index contributed by atoms with van der Waals surface area (Å²) >= 11 is 0. The Labute approximate surface area is 116 Å². The number of hydrogen-bond acceptors (Lipinski definition) is 4. The lowest BCUT2D eigenvalue weighted by atomic mass is 9.98. The molecule has 1 aliphatic carbocycles. The first-order valence-corrected chi connectivity index (χ1v) is 6.79. The van der Waals surface area contributed by atoms with Crippen LogP contribution in [0.4, 0.5) is 4.79 Å². The van der Waals surface area contributed by atoms with Crippen molar-refractivity contribution in [3.8, 4) is 0 Å². The van der Waals surface area contributed by atoms with Crippen molar-refractivity contribution < 1.29 is 19.1 Å². The molecule has 1 fully saturated rings. The Balaban J connectivity index is 1.87. The first-order chi connectivity index (χ1) is 9.55. The highest BCUT2D eigenvalue weighted by Crippen LogP contribution is 2.29. The zero-order chi connectivity index (χ0) is 14.6. The molecule has 2 amide bonds. The summed E-state index contributed by atoms with van der Waals surface area (Å²) in [5.74, 6) is 0.183. The number of aliphatic carboxylic acids is 1. The third-order valence-corrected chi connectivity index (χ3v) is 3.57. The normalized spacial score (nSPS) is 16.9. The summed E-state index contributed by atoms with van der Waals surface area (Å²) in [4.78, 5) is 27.1. The van der Waals surface area contributed by atoms with Gasteiger partial charge < -0.3 is 20.2 Å². The second-order valence-electron chi connectivity index (χ2n) is 4.98. The summed E-state index contributed by atoms with van der Waals surface area (Å²) in [7, 11) is 0.